The summed E-state index contributed by atoms with van der Waals surface area (Å²) in [6.07, 6.45) is 3.46. The van der Waals surface area contributed by atoms with Crippen molar-refractivity contribution in [1.82, 2.24) is 4.98 Å². The van der Waals surface area contributed by atoms with E-state index >= 15 is 0 Å². The Morgan fingerprint density at radius 1 is 0.977 bits per heavy atom. The van der Waals surface area contributed by atoms with Gasteiger partial charge in [-0.1, -0.05) is 66.5 Å². The monoisotopic (exact) mass is 612 g/mol. The van der Waals surface area contributed by atoms with Crippen molar-refractivity contribution in [2.45, 2.75) is 26.4 Å². The Hall–Kier alpha value is -4.33. The number of nitrogens with zero attached hydrogens (tertiary/aromatic N) is 2. The number of carbonyl (C=O) groups is 4. The molecule has 0 spiro atoms. The van der Waals surface area contributed by atoms with Crippen LogP contribution in [-0.2, 0) is 14.3 Å². The van der Waals surface area contributed by atoms with Crippen LogP contribution in [0.3, 0.4) is 0 Å². The van der Waals surface area contributed by atoms with E-state index in [0.29, 0.717) is 49.9 Å². The number of fused-ring (bicyclic) bond motifs is 2. The van der Waals surface area contributed by atoms with Gasteiger partial charge in [0.2, 0.25) is 17.6 Å². The highest BCUT2D eigenvalue weighted by Crippen LogP contribution is 2.41. The number of amides is 2. The van der Waals surface area contributed by atoms with Crippen LogP contribution < -0.4 is 4.90 Å². The summed E-state index contributed by atoms with van der Waals surface area (Å²) in [5.74, 6) is -2.17. The first-order chi connectivity index (χ1) is 20.6. The molecule has 4 aromatic rings. The van der Waals surface area contributed by atoms with Gasteiger partial charge in [0.05, 0.1) is 39.3 Å². The Morgan fingerprint density at radius 2 is 1.70 bits per heavy atom. The molecule has 7 nitrogen and oxygen atoms in total. The zero-order valence-corrected chi connectivity index (χ0v) is 24.8. The Balaban J connectivity index is 1.30. The Bertz CT molecular complexity index is 1820. The van der Waals surface area contributed by atoms with Gasteiger partial charge >= 0.3 is 5.97 Å². The Morgan fingerprint density at radius 3 is 2.40 bits per heavy atom. The normalized spacial score (nSPS) is 20.3. The van der Waals surface area contributed by atoms with E-state index in [-0.39, 0.29) is 40.9 Å². The van der Waals surface area contributed by atoms with Gasteiger partial charge < -0.3 is 4.74 Å². The number of ketones is 1. The first-order valence-electron chi connectivity index (χ1n) is 13.9. The molecule has 1 saturated heterocycles. The smallest absolute Gasteiger partial charge is 0.339 e. The minimum atomic E-state index is -1.06. The molecule has 9 heteroatoms. The summed E-state index contributed by atoms with van der Waals surface area (Å²) in [6.45, 7) is 3.47. The standard InChI is InChI=1S/C34H26Cl2N2O5/c1-18-5-3-7-25-29(18)33(41)38(32(25)40)23-15-11-20(12-16-23)28-17-26(24-6-4-8-27(36)30(24)37-28)34(42)43-19(2)31(39)21-9-13-22(35)14-10-21/h3-6,8-19,25,29H,7H2,1-2H3. The van der Waals surface area contributed by atoms with E-state index in [2.05, 4.69) is 0 Å². The maximum Gasteiger partial charge on any atom is 0.339 e. The number of pyridine rings is 1. The molecule has 2 heterocycles. The highest BCUT2D eigenvalue weighted by Gasteiger charge is 2.50. The quantitative estimate of drug-likeness (QED) is 0.0978. The highest BCUT2D eigenvalue weighted by molar-refractivity contribution is 6.35. The molecule has 6 rings (SSSR count). The zero-order valence-electron chi connectivity index (χ0n) is 23.3. The minimum absolute atomic E-state index is 0.00611. The predicted octanol–water partition coefficient (Wildman–Crippen LogP) is 7.34. The van der Waals surface area contributed by atoms with Crippen LogP contribution in [0.2, 0.25) is 10.0 Å². The third-order valence-electron chi connectivity index (χ3n) is 8.09. The largest absolute Gasteiger partial charge is 0.451 e. The topological polar surface area (TPSA) is 93.6 Å². The van der Waals surface area contributed by atoms with E-state index in [0.717, 1.165) is 0 Å². The number of allylic oxidation sites excluding steroid dienone is 2. The molecule has 216 valence electrons. The lowest BCUT2D eigenvalue weighted by Gasteiger charge is -2.22. The number of Topliss-reactive ketones (excluding diaryl/α,β-unsaturated/α-hetero) is 1. The lowest BCUT2D eigenvalue weighted by Crippen LogP contribution is -2.31. The molecule has 1 aliphatic carbocycles. The molecule has 1 aromatic heterocycles. The van der Waals surface area contributed by atoms with Gasteiger partial charge in [0.25, 0.3) is 0 Å². The van der Waals surface area contributed by atoms with Crippen LogP contribution in [0.1, 0.15) is 41.0 Å². The molecule has 0 saturated carbocycles. The van der Waals surface area contributed by atoms with Gasteiger partial charge in [0.1, 0.15) is 0 Å². The number of aromatic nitrogens is 1. The summed E-state index contributed by atoms with van der Waals surface area (Å²) >= 11 is 12.4. The number of hydrogen-bond acceptors (Lipinski definition) is 6. The van der Waals surface area contributed by atoms with Crippen molar-refractivity contribution < 1.29 is 23.9 Å². The molecule has 0 N–H and O–H groups in total. The second-order valence-corrected chi connectivity index (χ2v) is 11.7. The highest BCUT2D eigenvalue weighted by atomic mass is 35.5. The van der Waals surface area contributed by atoms with Crippen LogP contribution in [0.4, 0.5) is 5.69 Å². The van der Waals surface area contributed by atoms with E-state index in [4.69, 9.17) is 32.9 Å². The summed E-state index contributed by atoms with van der Waals surface area (Å²) in [5.41, 5.74) is 2.50. The van der Waals surface area contributed by atoms with E-state index in [1.54, 1.807) is 72.8 Å². The molecule has 43 heavy (non-hydrogen) atoms. The minimum Gasteiger partial charge on any atom is -0.451 e. The molecule has 1 aliphatic heterocycles. The van der Waals surface area contributed by atoms with Crippen molar-refractivity contribution in [1.29, 1.82) is 0 Å². The summed E-state index contributed by atoms with van der Waals surface area (Å²) in [7, 11) is 0. The average molecular weight is 613 g/mol. The van der Waals surface area contributed by atoms with Gasteiger partial charge in [0.15, 0.2) is 6.10 Å². The fourth-order valence-electron chi connectivity index (χ4n) is 5.84. The van der Waals surface area contributed by atoms with Gasteiger partial charge in [-0.2, -0.15) is 0 Å². The van der Waals surface area contributed by atoms with Crippen molar-refractivity contribution in [3.05, 3.63) is 106 Å². The van der Waals surface area contributed by atoms with Crippen molar-refractivity contribution in [3.63, 3.8) is 0 Å². The van der Waals surface area contributed by atoms with Crippen LogP contribution in [0, 0.1) is 17.8 Å². The van der Waals surface area contributed by atoms with E-state index in [1.165, 1.54) is 11.8 Å². The molecular weight excluding hydrogens is 587 g/mol. The maximum absolute atomic E-state index is 13.5. The van der Waals surface area contributed by atoms with Crippen molar-refractivity contribution in [3.8, 4) is 11.3 Å². The second-order valence-electron chi connectivity index (χ2n) is 10.8. The van der Waals surface area contributed by atoms with Crippen LogP contribution in [0.15, 0.2) is 84.9 Å². The molecule has 2 amide bonds. The molecule has 2 aliphatic rings. The van der Waals surface area contributed by atoms with Gasteiger partial charge in [0, 0.05) is 21.5 Å². The summed E-state index contributed by atoms with van der Waals surface area (Å²) in [5, 5.41) is 1.31. The molecule has 0 radical (unpaired) electrons. The number of imide groups is 1. The van der Waals surface area contributed by atoms with Crippen LogP contribution >= 0.6 is 23.2 Å². The number of ether oxygens (including phenoxy) is 1. The van der Waals surface area contributed by atoms with Crippen LogP contribution in [0.5, 0.6) is 0 Å². The predicted molar refractivity (Wildman–Crippen MR) is 165 cm³/mol. The van der Waals surface area contributed by atoms with E-state index in [9.17, 15) is 19.2 Å². The second kappa shape index (κ2) is 11.4. The third kappa shape index (κ3) is 5.24. The number of anilines is 1. The van der Waals surface area contributed by atoms with Crippen molar-refractivity contribution in [2.75, 3.05) is 4.90 Å². The maximum atomic E-state index is 13.5. The number of carbonyl (C=O) groups excluding carboxylic acids is 4. The number of halogens is 2. The van der Waals surface area contributed by atoms with Gasteiger partial charge in [-0.05, 0) is 67.8 Å². The van der Waals surface area contributed by atoms with Gasteiger partial charge in [-0.25, -0.2) is 9.78 Å². The fourth-order valence-corrected chi connectivity index (χ4v) is 6.18. The average Bonchev–Trinajstić information content (AvgIpc) is 3.27. The van der Waals surface area contributed by atoms with Gasteiger partial charge in [-0.15, -0.1) is 0 Å². The Kier molecular flexibility index (Phi) is 7.63. The molecule has 4 unspecified atom stereocenters. The molecule has 1 fully saturated rings. The Labute approximate surface area is 258 Å². The lowest BCUT2D eigenvalue weighted by atomic mass is 9.78. The van der Waals surface area contributed by atoms with Gasteiger partial charge in [-0.3, -0.25) is 19.3 Å². The first-order valence-corrected chi connectivity index (χ1v) is 14.6. The summed E-state index contributed by atoms with van der Waals surface area (Å²) in [4.78, 5) is 58.7. The van der Waals surface area contributed by atoms with Crippen LogP contribution in [-0.4, -0.2) is 34.7 Å². The zero-order chi connectivity index (χ0) is 30.4. The number of hydrogen-bond donors (Lipinski definition) is 0. The summed E-state index contributed by atoms with van der Waals surface area (Å²) in [6, 6.07) is 19.9. The lowest BCUT2D eigenvalue weighted by molar-refractivity contribution is -0.122. The summed E-state index contributed by atoms with van der Waals surface area (Å²) < 4.78 is 5.61. The molecular formula is C34H26Cl2N2O5. The number of esters is 1. The first kappa shape index (κ1) is 28.8. The molecule has 4 atom stereocenters. The van der Waals surface area contributed by atoms with Crippen LogP contribution in [0.25, 0.3) is 22.2 Å². The third-order valence-corrected chi connectivity index (χ3v) is 8.64. The molecule has 3 aromatic carbocycles. The van der Waals surface area contributed by atoms with Crippen molar-refractivity contribution in [2.24, 2.45) is 17.8 Å². The number of rotatable bonds is 6. The number of para-hydroxylation sites is 1. The fraction of sp³-hybridized carbons (Fsp3) is 0.206. The van der Waals surface area contributed by atoms with Crippen molar-refractivity contribution >= 4 is 63.4 Å². The number of benzene rings is 3. The van der Waals surface area contributed by atoms with E-state index < -0.39 is 12.1 Å². The van der Waals surface area contributed by atoms with E-state index in [1.807, 2.05) is 19.1 Å². The SMILES string of the molecule is CC(OC(=O)c1cc(-c2ccc(N3C(=O)C4CC=CC(C)C4C3=O)cc2)nc2c(Cl)cccc12)C(=O)c1ccc(Cl)cc1. The molecule has 0 bridgehead atoms.